The summed E-state index contributed by atoms with van der Waals surface area (Å²) >= 11 is 5.92. The van der Waals surface area contributed by atoms with Crippen molar-refractivity contribution < 1.29 is 13.5 Å². The summed E-state index contributed by atoms with van der Waals surface area (Å²) in [6, 6.07) is 5.14. The number of hydrogen-bond donors (Lipinski definition) is 1. The van der Waals surface area contributed by atoms with E-state index in [0.29, 0.717) is 23.2 Å². The number of rotatable bonds is 5. The van der Waals surface area contributed by atoms with Crippen molar-refractivity contribution in [1.29, 1.82) is 0 Å². The van der Waals surface area contributed by atoms with Gasteiger partial charge in [0.1, 0.15) is 5.75 Å². The van der Waals surface area contributed by atoms with E-state index in [1.807, 2.05) is 7.05 Å². The van der Waals surface area contributed by atoms with E-state index in [0.717, 1.165) is 19.5 Å². The van der Waals surface area contributed by atoms with E-state index >= 15 is 0 Å². The summed E-state index contributed by atoms with van der Waals surface area (Å²) in [6.45, 7) is -0.375. The minimum Gasteiger partial charge on any atom is -0.434 e. The van der Waals surface area contributed by atoms with Gasteiger partial charge in [0, 0.05) is 29.7 Å². The molecule has 1 unspecified atom stereocenters. The van der Waals surface area contributed by atoms with Gasteiger partial charge in [-0.1, -0.05) is 11.6 Å². The van der Waals surface area contributed by atoms with E-state index in [2.05, 4.69) is 15.0 Å². The number of nitrogens with zero attached hydrogens (tertiary/aromatic N) is 1. The summed E-state index contributed by atoms with van der Waals surface area (Å²) in [7, 11) is 1.98. The quantitative estimate of drug-likeness (QED) is 0.899. The summed E-state index contributed by atoms with van der Waals surface area (Å²) in [6.07, 6.45) is 1.06. The molecule has 0 radical (unpaired) electrons. The van der Waals surface area contributed by atoms with Gasteiger partial charge in [0.2, 0.25) is 0 Å². The van der Waals surface area contributed by atoms with Crippen LogP contribution in [-0.2, 0) is 6.54 Å². The monoisotopic (exact) mass is 326 g/mol. The maximum Gasteiger partial charge on any atom is 0.387 e. The Labute approximate surface area is 128 Å². The smallest absolute Gasteiger partial charge is 0.387 e. The third kappa shape index (κ3) is 4.74. The summed E-state index contributed by atoms with van der Waals surface area (Å²) in [4.78, 5) is 2.13. The van der Waals surface area contributed by atoms with Crippen LogP contribution in [0.2, 0.25) is 5.02 Å². The minimum absolute atomic E-state index is 0. The van der Waals surface area contributed by atoms with Crippen LogP contribution in [0.4, 0.5) is 8.78 Å². The molecule has 0 spiro atoms. The molecule has 1 aromatic carbocycles. The molecule has 0 saturated carbocycles. The Morgan fingerprint density at radius 3 is 2.85 bits per heavy atom. The first-order valence-corrected chi connectivity index (χ1v) is 6.58. The molecule has 1 atom stereocenters. The van der Waals surface area contributed by atoms with Gasteiger partial charge in [0.25, 0.3) is 0 Å². The van der Waals surface area contributed by atoms with Crippen molar-refractivity contribution in [2.75, 3.05) is 20.1 Å². The highest BCUT2D eigenvalue weighted by atomic mass is 35.5. The predicted octanol–water partition coefficient (Wildman–Crippen LogP) is 3.16. The fourth-order valence-electron chi connectivity index (χ4n) is 2.30. The summed E-state index contributed by atoms with van der Waals surface area (Å²) in [5.41, 5.74) is 0.683. The second kappa shape index (κ2) is 7.98. The number of hydrogen-bond acceptors (Lipinski definition) is 3. The second-order valence-corrected chi connectivity index (χ2v) is 5.13. The molecule has 0 aliphatic carbocycles. The third-order valence-electron chi connectivity index (χ3n) is 3.32. The van der Waals surface area contributed by atoms with Gasteiger partial charge < -0.3 is 10.1 Å². The third-order valence-corrected chi connectivity index (χ3v) is 3.55. The van der Waals surface area contributed by atoms with Crippen molar-refractivity contribution in [1.82, 2.24) is 10.2 Å². The molecule has 0 amide bonds. The Morgan fingerprint density at radius 1 is 1.50 bits per heavy atom. The molecule has 1 fully saturated rings. The van der Waals surface area contributed by atoms with Gasteiger partial charge in [-0.15, -0.1) is 12.4 Å². The molecule has 0 bridgehead atoms. The van der Waals surface area contributed by atoms with Crippen LogP contribution in [0.15, 0.2) is 18.2 Å². The second-order valence-electron chi connectivity index (χ2n) is 4.69. The van der Waals surface area contributed by atoms with Crippen molar-refractivity contribution in [2.45, 2.75) is 25.6 Å². The largest absolute Gasteiger partial charge is 0.434 e. The number of ether oxygens (including phenoxy) is 1. The molecule has 114 valence electrons. The molecule has 0 aromatic heterocycles. The van der Waals surface area contributed by atoms with Crippen molar-refractivity contribution in [2.24, 2.45) is 0 Å². The molecule has 1 aromatic rings. The average Bonchev–Trinajstić information content (AvgIpc) is 2.86. The first-order valence-electron chi connectivity index (χ1n) is 6.20. The molecular formula is C13H18Cl2F2N2O. The molecule has 7 heteroatoms. The normalized spacial score (nSPS) is 18.4. The van der Waals surface area contributed by atoms with Gasteiger partial charge in [0.05, 0.1) is 0 Å². The van der Waals surface area contributed by atoms with Crippen molar-refractivity contribution in [3.8, 4) is 5.75 Å². The Bertz CT molecular complexity index is 429. The van der Waals surface area contributed by atoms with E-state index in [1.165, 1.54) is 6.07 Å². The van der Waals surface area contributed by atoms with E-state index in [-0.39, 0.29) is 18.2 Å². The molecule has 2 rings (SSSR count). The Kier molecular flexibility index (Phi) is 6.95. The molecule has 1 N–H and O–H groups in total. The maximum absolute atomic E-state index is 12.4. The highest BCUT2D eigenvalue weighted by Gasteiger charge is 2.20. The van der Waals surface area contributed by atoms with Crippen LogP contribution >= 0.6 is 24.0 Å². The molecule has 20 heavy (non-hydrogen) atoms. The molecule has 1 heterocycles. The zero-order valence-electron chi connectivity index (χ0n) is 11.1. The SMILES string of the molecule is CN(Cc1cc(Cl)ccc1OC(F)F)C1CCNC1.Cl. The Hall–Kier alpha value is -0.620. The zero-order chi connectivity index (χ0) is 13.8. The predicted molar refractivity (Wildman–Crippen MR) is 78.1 cm³/mol. The van der Waals surface area contributed by atoms with Gasteiger partial charge in [-0.05, 0) is 38.2 Å². The van der Waals surface area contributed by atoms with Crippen molar-refractivity contribution in [3.05, 3.63) is 28.8 Å². The topological polar surface area (TPSA) is 24.5 Å². The minimum atomic E-state index is -2.82. The highest BCUT2D eigenvalue weighted by molar-refractivity contribution is 6.30. The lowest BCUT2D eigenvalue weighted by molar-refractivity contribution is -0.0507. The van der Waals surface area contributed by atoms with Gasteiger partial charge in [-0.25, -0.2) is 0 Å². The van der Waals surface area contributed by atoms with E-state index in [1.54, 1.807) is 12.1 Å². The highest BCUT2D eigenvalue weighted by Crippen LogP contribution is 2.26. The molecule has 1 saturated heterocycles. The van der Waals surface area contributed by atoms with Crippen molar-refractivity contribution >= 4 is 24.0 Å². The molecule has 3 nitrogen and oxygen atoms in total. The number of alkyl halides is 2. The van der Waals surface area contributed by atoms with Gasteiger partial charge >= 0.3 is 6.61 Å². The van der Waals surface area contributed by atoms with Crippen LogP contribution in [0.1, 0.15) is 12.0 Å². The van der Waals surface area contributed by atoms with E-state index in [9.17, 15) is 8.78 Å². The summed E-state index contributed by atoms with van der Waals surface area (Å²) < 4.78 is 29.3. The van der Waals surface area contributed by atoms with Crippen LogP contribution in [-0.4, -0.2) is 37.7 Å². The number of halogens is 4. The summed E-state index contributed by atoms with van der Waals surface area (Å²) in [5.74, 6) is 0.192. The molecular weight excluding hydrogens is 309 g/mol. The van der Waals surface area contributed by atoms with Gasteiger partial charge in [-0.2, -0.15) is 8.78 Å². The van der Waals surface area contributed by atoms with Crippen molar-refractivity contribution in [3.63, 3.8) is 0 Å². The standard InChI is InChI=1S/C13H17ClF2N2O.ClH/c1-18(11-4-5-17-7-11)8-9-6-10(14)2-3-12(9)19-13(15)16;/h2-3,6,11,13,17H,4-5,7-8H2,1H3;1H. The Balaban J connectivity index is 0.00000200. The fraction of sp³-hybridized carbons (Fsp3) is 0.538. The average molecular weight is 327 g/mol. The summed E-state index contributed by atoms with van der Waals surface area (Å²) in [5, 5.41) is 3.80. The molecule has 1 aliphatic heterocycles. The van der Waals surface area contributed by atoms with E-state index < -0.39 is 6.61 Å². The van der Waals surface area contributed by atoms with Crippen LogP contribution in [0.3, 0.4) is 0 Å². The maximum atomic E-state index is 12.4. The fourth-order valence-corrected chi connectivity index (χ4v) is 2.49. The first kappa shape index (κ1) is 17.4. The lowest BCUT2D eigenvalue weighted by atomic mass is 10.1. The van der Waals surface area contributed by atoms with E-state index in [4.69, 9.17) is 11.6 Å². The lowest BCUT2D eigenvalue weighted by Crippen LogP contribution is -2.33. The zero-order valence-corrected chi connectivity index (χ0v) is 12.7. The van der Waals surface area contributed by atoms with Crippen LogP contribution < -0.4 is 10.1 Å². The lowest BCUT2D eigenvalue weighted by Gasteiger charge is -2.24. The Morgan fingerprint density at radius 2 is 2.25 bits per heavy atom. The number of nitrogens with one attached hydrogen (secondary N) is 1. The van der Waals surface area contributed by atoms with Crippen LogP contribution in [0.25, 0.3) is 0 Å². The number of likely N-dealkylation sites (N-methyl/N-ethyl adjacent to an activating group) is 1. The number of benzene rings is 1. The van der Waals surface area contributed by atoms with Gasteiger partial charge in [-0.3, -0.25) is 4.90 Å². The van der Waals surface area contributed by atoms with Crippen LogP contribution in [0.5, 0.6) is 5.75 Å². The van der Waals surface area contributed by atoms with Gasteiger partial charge in [0.15, 0.2) is 0 Å². The molecule has 1 aliphatic rings. The first-order chi connectivity index (χ1) is 9.06. The van der Waals surface area contributed by atoms with Crippen LogP contribution in [0, 0.1) is 0 Å².